The molecule has 2 aromatic rings. The van der Waals surface area contributed by atoms with Crippen LogP contribution in [0, 0.1) is 0 Å². The van der Waals surface area contributed by atoms with Crippen molar-refractivity contribution >= 4 is 6.08 Å². The Hall–Kier alpha value is -2.02. The lowest BCUT2D eigenvalue weighted by Crippen LogP contribution is -2.07. The van der Waals surface area contributed by atoms with Crippen LogP contribution in [0.4, 0.5) is 0 Å². The largest absolute Gasteiger partial charge is 0.489 e. The molecule has 0 aliphatic carbocycles. The Morgan fingerprint density at radius 3 is 2.43 bits per heavy atom. The van der Waals surface area contributed by atoms with E-state index in [4.69, 9.17) is 4.74 Å². The van der Waals surface area contributed by atoms with Crippen molar-refractivity contribution in [3.8, 4) is 5.75 Å². The first-order valence-corrected chi connectivity index (χ1v) is 7.87. The van der Waals surface area contributed by atoms with Crippen LogP contribution in [0.1, 0.15) is 36.8 Å². The summed E-state index contributed by atoms with van der Waals surface area (Å²) in [6.45, 7) is 0.760. The van der Waals surface area contributed by atoms with Gasteiger partial charge in [-0.15, -0.1) is 0 Å². The number of rotatable bonds is 6. The van der Waals surface area contributed by atoms with Gasteiger partial charge in [0.1, 0.15) is 12.4 Å². The minimum Gasteiger partial charge on any atom is -0.489 e. The van der Waals surface area contributed by atoms with Gasteiger partial charge in [-0.05, 0) is 49.0 Å². The molecule has 1 aliphatic heterocycles. The molecule has 108 valence electrons. The van der Waals surface area contributed by atoms with Crippen molar-refractivity contribution in [2.24, 2.45) is 0 Å². The van der Waals surface area contributed by atoms with Gasteiger partial charge in [0.15, 0.2) is 0 Å². The van der Waals surface area contributed by atoms with Crippen LogP contribution < -0.4 is 4.74 Å². The van der Waals surface area contributed by atoms with Gasteiger partial charge in [-0.1, -0.05) is 55.0 Å². The van der Waals surface area contributed by atoms with Crippen LogP contribution in [0.15, 0.2) is 60.2 Å². The lowest BCUT2D eigenvalue weighted by atomic mass is 10.0. The standard InChI is InChI=1S/C20H22O/c1-3-9-17(10-4-1)11-5-2-6-12-18-15-19-13-7-8-14-20(19)21-16-18/h1,3-4,7-10,13-15H,2,5-6,11-12,16H2. The monoisotopic (exact) mass is 278 g/mol. The number of benzene rings is 2. The third kappa shape index (κ3) is 3.98. The highest BCUT2D eigenvalue weighted by atomic mass is 16.5. The molecule has 0 saturated heterocycles. The molecule has 0 fully saturated rings. The van der Waals surface area contributed by atoms with E-state index in [1.54, 1.807) is 0 Å². The van der Waals surface area contributed by atoms with Gasteiger partial charge in [-0.25, -0.2) is 0 Å². The summed E-state index contributed by atoms with van der Waals surface area (Å²) in [6.07, 6.45) is 8.46. The molecule has 0 unspecified atom stereocenters. The Morgan fingerprint density at radius 1 is 0.762 bits per heavy atom. The fourth-order valence-corrected chi connectivity index (χ4v) is 2.81. The van der Waals surface area contributed by atoms with Gasteiger partial charge in [0.25, 0.3) is 0 Å². The lowest BCUT2D eigenvalue weighted by Gasteiger charge is -2.17. The van der Waals surface area contributed by atoms with Gasteiger partial charge in [0.05, 0.1) is 0 Å². The zero-order chi connectivity index (χ0) is 14.3. The van der Waals surface area contributed by atoms with E-state index in [2.05, 4.69) is 48.5 Å². The zero-order valence-electron chi connectivity index (χ0n) is 12.4. The first kappa shape index (κ1) is 13.9. The summed E-state index contributed by atoms with van der Waals surface area (Å²) in [7, 11) is 0. The average Bonchev–Trinajstić information content (AvgIpc) is 2.55. The predicted octanol–water partition coefficient (Wildman–Crippen LogP) is 5.27. The van der Waals surface area contributed by atoms with E-state index >= 15 is 0 Å². The highest BCUT2D eigenvalue weighted by molar-refractivity contribution is 5.61. The number of ether oxygens (including phenoxy) is 1. The number of aryl methyl sites for hydroxylation is 1. The van der Waals surface area contributed by atoms with Crippen molar-refractivity contribution in [1.82, 2.24) is 0 Å². The fraction of sp³-hybridized carbons (Fsp3) is 0.300. The van der Waals surface area contributed by atoms with Crippen molar-refractivity contribution in [3.05, 3.63) is 71.3 Å². The Balaban J connectivity index is 1.41. The van der Waals surface area contributed by atoms with E-state index in [-0.39, 0.29) is 0 Å². The van der Waals surface area contributed by atoms with Crippen LogP contribution in [0.5, 0.6) is 5.75 Å². The summed E-state index contributed by atoms with van der Waals surface area (Å²) in [5, 5.41) is 0. The van der Waals surface area contributed by atoms with Crippen LogP contribution in [0.3, 0.4) is 0 Å². The molecule has 0 spiro atoms. The van der Waals surface area contributed by atoms with Gasteiger partial charge in [-0.3, -0.25) is 0 Å². The first-order valence-electron chi connectivity index (χ1n) is 7.87. The van der Waals surface area contributed by atoms with Crippen LogP contribution in [0.25, 0.3) is 6.08 Å². The molecule has 0 atom stereocenters. The first-order chi connectivity index (χ1) is 10.4. The summed E-state index contributed by atoms with van der Waals surface area (Å²) in [5.41, 5.74) is 4.10. The van der Waals surface area contributed by atoms with Crippen molar-refractivity contribution < 1.29 is 4.74 Å². The Labute approximate surface area is 127 Å². The summed E-state index contributed by atoms with van der Waals surface area (Å²) >= 11 is 0. The molecule has 21 heavy (non-hydrogen) atoms. The van der Waals surface area contributed by atoms with Crippen LogP contribution in [0.2, 0.25) is 0 Å². The fourth-order valence-electron chi connectivity index (χ4n) is 2.81. The minimum atomic E-state index is 0.760. The van der Waals surface area contributed by atoms with Crippen LogP contribution >= 0.6 is 0 Å². The maximum absolute atomic E-state index is 5.79. The molecule has 0 amide bonds. The van der Waals surface area contributed by atoms with Gasteiger partial charge in [-0.2, -0.15) is 0 Å². The summed E-state index contributed by atoms with van der Waals surface area (Å²) in [6, 6.07) is 19.0. The maximum Gasteiger partial charge on any atom is 0.127 e. The molecule has 1 heteroatoms. The summed E-state index contributed by atoms with van der Waals surface area (Å²) < 4.78 is 5.79. The SMILES string of the molecule is C1=C(CCCCCc2ccccc2)COc2ccccc21. The van der Waals surface area contributed by atoms with E-state index in [0.29, 0.717) is 0 Å². The van der Waals surface area contributed by atoms with E-state index in [9.17, 15) is 0 Å². The second-order valence-electron chi connectivity index (χ2n) is 5.68. The molecule has 2 aromatic carbocycles. The minimum absolute atomic E-state index is 0.760. The van der Waals surface area contributed by atoms with E-state index in [1.165, 1.54) is 42.4 Å². The van der Waals surface area contributed by atoms with Crippen LogP contribution in [-0.2, 0) is 6.42 Å². The van der Waals surface area contributed by atoms with Crippen LogP contribution in [-0.4, -0.2) is 6.61 Å². The quantitative estimate of drug-likeness (QED) is 0.654. The lowest BCUT2D eigenvalue weighted by molar-refractivity contribution is 0.341. The van der Waals surface area contributed by atoms with E-state index in [0.717, 1.165) is 18.8 Å². The number of hydrogen-bond acceptors (Lipinski definition) is 1. The van der Waals surface area contributed by atoms with Crippen molar-refractivity contribution in [3.63, 3.8) is 0 Å². The second-order valence-corrected chi connectivity index (χ2v) is 5.68. The van der Waals surface area contributed by atoms with Crippen molar-refractivity contribution in [2.45, 2.75) is 32.1 Å². The number of para-hydroxylation sites is 1. The summed E-state index contributed by atoms with van der Waals surface area (Å²) in [5.74, 6) is 1.02. The molecule has 0 saturated carbocycles. The van der Waals surface area contributed by atoms with Gasteiger partial charge in [0, 0.05) is 5.56 Å². The highest BCUT2D eigenvalue weighted by Gasteiger charge is 2.09. The topological polar surface area (TPSA) is 9.23 Å². The summed E-state index contributed by atoms with van der Waals surface area (Å²) in [4.78, 5) is 0. The third-order valence-corrected chi connectivity index (χ3v) is 4.00. The molecule has 0 bridgehead atoms. The van der Waals surface area contributed by atoms with E-state index in [1.807, 2.05) is 12.1 Å². The Bertz CT molecular complexity index is 598. The van der Waals surface area contributed by atoms with Crippen molar-refractivity contribution in [2.75, 3.05) is 6.61 Å². The maximum atomic E-state index is 5.79. The molecular weight excluding hydrogens is 256 g/mol. The average molecular weight is 278 g/mol. The molecule has 1 heterocycles. The smallest absolute Gasteiger partial charge is 0.127 e. The van der Waals surface area contributed by atoms with Gasteiger partial charge in [0.2, 0.25) is 0 Å². The molecular formula is C20H22O. The Kier molecular flexibility index (Phi) is 4.73. The number of hydrogen-bond donors (Lipinski definition) is 0. The normalized spacial score (nSPS) is 13.2. The Morgan fingerprint density at radius 2 is 1.52 bits per heavy atom. The number of unbranched alkanes of at least 4 members (excludes halogenated alkanes) is 2. The van der Waals surface area contributed by atoms with Gasteiger partial charge >= 0.3 is 0 Å². The number of fused-ring (bicyclic) bond motifs is 1. The molecule has 0 aromatic heterocycles. The predicted molar refractivity (Wildman–Crippen MR) is 88.5 cm³/mol. The molecule has 1 nitrogen and oxygen atoms in total. The second kappa shape index (κ2) is 7.12. The molecule has 1 aliphatic rings. The highest BCUT2D eigenvalue weighted by Crippen LogP contribution is 2.27. The molecule has 3 rings (SSSR count). The van der Waals surface area contributed by atoms with E-state index < -0.39 is 0 Å². The van der Waals surface area contributed by atoms with Crippen molar-refractivity contribution in [1.29, 1.82) is 0 Å². The van der Waals surface area contributed by atoms with Gasteiger partial charge < -0.3 is 4.74 Å². The molecule has 0 N–H and O–H groups in total. The zero-order valence-corrected chi connectivity index (χ0v) is 12.4. The molecule has 0 radical (unpaired) electrons. The third-order valence-electron chi connectivity index (χ3n) is 4.00.